The molecule has 19 heavy (non-hydrogen) atoms. The third kappa shape index (κ3) is 3.08. The molecule has 2 heterocycles. The standard InChI is InChI=1S/C15H19NOS2/c17-9-11-3-1-4-14(11)16-8-13-7-12(10-19-13)15-5-2-6-18-15/h2,5-7,10-11,14,16-17H,1,3-4,8-9H2. The van der Waals surface area contributed by atoms with Crippen LogP contribution in [0.1, 0.15) is 24.1 Å². The predicted octanol–water partition coefficient (Wildman–Crippen LogP) is 3.73. The van der Waals surface area contributed by atoms with Crippen LogP contribution in [0.4, 0.5) is 0 Å². The fourth-order valence-electron chi connectivity index (χ4n) is 2.80. The molecule has 2 atom stereocenters. The summed E-state index contributed by atoms with van der Waals surface area (Å²) < 4.78 is 0. The van der Waals surface area contributed by atoms with Gasteiger partial charge < -0.3 is 10.4 Å². The van der Waals surface area contributed by atoms with Crippen LogP contribution in [0, 0.1) is 5.92 Å². The molecule has 2 aromatic heterocycles. The third-order valence-corrected chi connectivity index (χ3v) is 5.75. The molecule has 2 unspecified atom stereocenters. The number of hydrogen-bond acceptors (Lipinski definition) is 4. The molecule has 0 bridgehead atoms. The van der Waals surface area contributed by atoms with Gasteiger partial charge >= 0.3 is 0 Å². The van der Waals surface area contributed by atoms with E-state index in [1.165, 1.54) is 34.6 Å². The van der Waals surface area contributed by atoms with Gasteiger partial charge in [0.05, 0.1) is 0 Å². The van der Waals surface area contributed by atoms with E-state index in [0.717, 1.165) is 6.54 Å². The zero-order chi connectivity index (χ0) is 13.1. The Morgan fingerprint density at radius 1 is 1.32 bits per heavy atom. The Kier molecular flexibility index (Phi) is 4.33. The maximum atomic E-state index is 9.33. The van der Waals surface area contributed by atoms with Crippen LogP contribution in [0.15, 0.2) is 29.0 Å². The molecule has 1 fully saturated rings. The Morgan fingerprint density at radius 3 is 3.05 bits per heavy atom. The molecule has 0 radical (unpaired) electrons. The summed E-state index contributed by atoms with van der Waals surface area (Å²) in [5, 5.41) is 17.3. The molecule has 3 rings (SSSR count). The van der Waals surface area contributed by atoms with E-state index in [-0.39, 0.29) is 0 Å². The van der Waals surface area contributed by atoms with Crippen molar-refractivity contribution >= 4 is 22.7 Å². The van der Waals surface area contributed by atoms with Gasteiger partial charge in [0.15, 0.2) is 0 Å². The number of nitrogens with one attached hydrogen (secondary N) is 1. The number of thiophene rings is 2. The summed E-state index contributed by atoms with van der Waals surface area (Å²) in [6.45, 7) is 1.25. The fraction of sp³-hybridized carbons (Fsp3) is 0.467. The van der Waals surface area contributed by atoms with Crippen molar-refractivity contribution in [3.05, 3.63) is 33.8 Å². The van der Waals surface area contributed by atoms with E-state index in [0.29, 0.717) is 18.6 Å². The van der Waals surface area contributed by atoms with Gasteiger partial charge in [0, 0.05) is 34.5 Å². The molecule has 1 aliphatic rings. The Morgan fingerprint density at radius 2 is 2.26 bits per heavy atom. The lowest BCUT2D eigenvalue weighted by Crippen LogP contribution is -2.33. The van der Waals surface area contributed by atoms with Gasteiger partial charge in [0.2, 0.25) is 0 Å². The molecule has 0 aromatic carbocycles. The summed E-state index contributed by atoms with van der Waals surface area (Å²) in [4.78, 5) is 2.73. The van der Waals surface area contributed by atoms with Gasteiger partial charge in [-0.2, -0.15) is 0 Å². The number of aliphatic hydroxyl groups is 1. The van der Waals surface area contributed by atoms with Crippen molar-refractivity contribution in [2.24, 2.45) is 5.92 Å². The van der Waals surface area contributed by atoms with Gasteiger partial charge in [-0.25, -0.2) is 0 Å². The first-order valence-electron chi connectivity index (χ1n) is 6.82. The SMILES string of the molecule is OCC1CCCC1NCc1cc(-c2cccs2)cs1. The highest BCUT2D eigenvalue weighted by Gasteiger charge is 2.25. The fourth-order valence-corrected chi connectivity index (χ4v) is 4.43. The minimum atomic E-state index is 0.322. The minimum absolute atomic E-state index is 0.322. The quantitative estimate of drug-likeness (QED) is 0.880. The molecule has 102 valence electrons. The molecule has 1 saturated carbocycles. The Hall–Kier alpha value is -0.680. The second-order valence-electron chi connectivity index (χ2n) is 5.14. The second-order valence-corrected chi connectivity index (χ2v) is 7.08. The Balaban J connectivity index is 1.59. The van der Waals surface area contributed by atoms with Crippen molar-refractivity contribution in [2.75, 3.05) is 6.61 Å². The summed E-state index contributed by atoms with van der Waals surface area (Å²) in [5.41, 5.74) is 1.34. The summed E-state index contributed by atoms with van der Waals surface area (Å²) in [6.07, 6.45) is 3.61. The molecule has 0 amide bonds. The lowest BCUT2D eigenvalue weighted by molar-refractivity contribution is 0.205. The highest BCUT2D eigenvalue weighted by Crippen LogP contribution is 2.30. The van der Waals surface area contributed by atoms with Crippen molar-refractivity contribution in [3.63, 3.8) is 0 Å². The van der Waals surface area contributed by atoms with Gasteiger partial charge in [-0.15, -0.1) is 22.7 Å². The van der Waals surface area contributed by atoms with Gasteiger partial charge in [-0.3, -0.25) is 0 Å². The van der Waals surface area contributed by atoms with Crippen molar-refractivity contribution in [1.82, 2.24) is 5.32 Å². The molecule has 2 N–H and O–H groups in total. The van der Waals surface area contributed by atoms with E-state index in [1.54, 1.807) is 11.3 Å². The van der Waals surface area contributed by atoms with E-state index in [9.17, 15) is 5.11 Å². The van der Waals surface area contributed by atoms with E-state index in [1.807, 2.05) is 11.3 Å². The Labute approximate surface area is 122 Å². The van der Waals surface area contributed by atoms with Crippen molar-refractivity contribution in [3.8, 4) is 10.4 Å². The van der Waals surface area contributed by atoms with E-state index < -0.39 is 0 Å². The first kappa shape index (κ1) is 13.3. The molecule has 0 aliphatic heterocycles. The topological polar surface area (TPSA) is 32.3 Å². The Bertz CT molecular complexity index is 506. The minimum Gasteiger partial charge on any atom is -0.396 e. The maximum absolute atomic E-state index is 9.33. The summed E-state index contributed by atoms with van der Waals surface area (Å²) >= 11 is 3.61. The molecule has 2 nitrogen and oxygen atoms in total. The van der Waals surface area contributed by atoms with Crippen LogP contribution in [-0.4, -0.2) is 17.8 Å². The van der Waals surface area contributed by atoms with Crippen molar-refractivity contribution in [1.29, 1.82) is 0 Å². The van der Waals surface area contributed by atoms with E-state index >= 15 is 0 Å². The average molecular weight is 293 g/mol. The second kappa shape index (κ2) is 6.18. The predicted molar refractivity (Wildman–Crippen MR) is 82.7 cm³/mol. The van der Waals surface area contributed by atoms with Crippen LogP contribution in [0.2, 0.25) is 0 Å². The van der Waals surface area contributed by atoms with Crippen molar-refractivity contribution in [2.45, 2.75) is 31.8 Å². The normalized spacial score (nSPS) is 23.0. The smallest absolute Gasteiger partial charge is 0.0474 e. The van der Waals surface area contributed by atoms with Gasteiger partial charge in [-0.05, 0) is 41.7 Å². The van der Waals surface area contributed by atoms with E-state index in [4.69, 9.17) is 0 Å². The third-order valence-electron chi connectivity index (χ3n) is 3.89. The van der Waals surface area contributed by atoms with E-state index in [2.05, 4.69) is 34.3 Å². The first-order valence-corrected chi connectivity index (χ1v) is 8.58. The van der Waals surface area contributed by atoms with Gasteiger partial charge in [0.25, 0.3) is 0 Å². The summed E-state index contributed by atoms with van der Waals surface area (Å²) in [5.74, 6) is 0.455. The molecule has 1 aliphatic carbocycles. The van der Waals surface area contributed by atoms with Gasteiger partial charge in [-0.1, -0.05) is 12.5 Å². The highest BCUT2D eigenvalue weighted by molar-refractivity contribution is 7.14. The molecule has 4 heteroatoms. The highest BCUT2D eigenvalue weighted by atomic mass is 32.1. The van der Waals surface area contributed by atoms with Crippen LogP contribution in [0.3, 0.4) is 0 Å². The number of hydrogen-bond donors (Lipinski definition) is 2. The first-order chi connectivity index (χ1) is 9.36. The van der Waals surface area contributed by atoms with Crippen LogP contribution in [0.25, 0.3) is 10.4 Å². The van der Waals surface area contributed by atoms with Crippen LogP contribution >= 0.6 is 22.7 Å². The number of rotatable bonds is 5. The lowest BCUT2D eigenvalue weighted by Gasteiger charge is -2.18. The molecule has 2 aromatic rings. The molecular formula is C15H19NOS2. The summed E-state index contributed by atoms with van der Waals surface area (Å²) in [6, 6.07) is 7.05. The molecular weight excluding hydrogens is 274 g/mol. The zero-order valence-corrected chi connectivity index (χ0v) is 12.5. The zero-order valence-electron chi connectivity index (χ0n) is 10.8. The van der Waals surface area contributed by atoms with Gasteiger partial charge in [0.1, 0.15) is 0 Å². The average Bonchev–Trinajstić information content (AvgIpc) is 3.16. The lowest BCUT2D eigenvalue weighted by atomic mass is 10.1. The molecule has 0 spiro atoms. The monoisotopic (exact) mass is 293 g/mol. The van der Waals surface area contributed by atoms with Crippen LogP contribution < -0.4 is 5.32 Å². The summed E-state index contributed by atoms with van der Waals surface area (Å²) in [7, 11) is 0. The largest absolute Gasteiger partial charge is 0.396 e. The van der Waals surface area contributed by atoms with Crippen LogP contribution in [-0.2, 0) is 6.54 Å². The number of aliphatic hydroxyl groups excluding tert-OH is 1. The van der Waals surface area contributed by atoms with Crippen LogP contribution in [0.5, 0.6) is 0 Å². The van der Waals surface area contributed by atoms with Crippen molar-refractivity contribution < 1.29 is 5.11 Å². The molecule has 0 saturated heterocycles. The maximum Gasteiger partial charge on any atom is 0.0474 e.